The van der Waals surface area contributed by atoms with Gasteiger partial charge in [0, 0.05) is 32.5 Å². The predicted molar refractivity (Wildman–Crippen MR) is 111 cm³/mol. The highest BCUT2D eigenvalue weighted by Crippen LogP contribution is 2.35. The Morgan fingerprint density at radius 1 is 1.33 bits per heavy atom. The average molecular weight is 537 g/mol. The van der Waals surface area contributed by atoms with Crippen molar-refractivity contribution in [3.63, 3.8) is 0 Å². The van der Waals surface area contributed by atoms with Gasteiger partial charge < -0.3 is 37.7 Å². The molecule has 0 spiro atoms. The van der Waals surface area contributed by atoms with Gasteiger partial charge in [0.15, 0.2) is 5.09 Å². The molecule has 9 heteroatoms. The normalized spacial score (nSPS) is 11.8. The third-order valence-electron chi connectivity index (χ3n) is 4.12. The Hall–Kier alpha value is -0.553. The number of hydrogen-bond acceptors (Lipinski definition) is 5. The minimum Gasteiger partial charge on any atom is -1.00 e. The molecule has 3 aromatic rings. The Morgan fingerprint density at radius 3 is 2.70 bits per heavy atom. The van der Waals surface area contributed by atoms with Crippen molar-refractivity contribution in [3.8, 4) is 11.5 Å². The Kier molecular flexibility index (Phi) is 7.83. The van der Waals surface area contributed by atoms with Crippen LogP contribution >= 0.6 is 23.4 Å². The number of aryl methyl sites for hydroxylation is 1. The molecule has 3 aromatic heterocycles. The summed E-state index contributed by atoms with van der Waals surface area (Å²) >= 11 is 8.15. The van der Waals surface area contributed by atoms with Gasteiger partial charge in [0.25, 0.3) is 0 Å². The first-order valence-corrected chi connectivity index (χ1v) is 13.8. The van der Waals surface area contributed by atoms with E-state index in [0.29, 0.717) is 23.2 Å². The number of rotatable bonds is 7. The number of ether oxygens (including phenoxy) is 1. The van der Waals surface area contributed by atoms with Crippen molar-refractivity contribution in [2.24, 2.45) is 0 Å². The summed E-state index contributed by atoms with van der Waals surface area (Å²) in [4.78, 5) is 9.04. The van der Waals surface area contributed by atoms with E-state index >= 15 is 0 Å². The highest BCUT2D eigenvalue weighted by molar-refractivity contribution is 7.98. The van der Waals surface area contributed by atoms with Crippen molar-refractivity contribution in [1.82, 2.24) is 14.5 Å². The van der Waals surface area contributed by atoms with Gasteiger partial charge in [-0.25, -0.2) is 9.97 Å². The molecule has 0 N–H and O–H groups in total. The second-order valence-corrected chi connectivity index (χ2v) is 14.2. The van der Waals surface area contributed by atoms with Gasteiger partial charge in [-0.1, -0.05) is 43.0 Å². The maximum absolute atomic E-state index is 6.62. The maximum atomic E-state index is 6.62. The predicted octanol–water partition coefficient (Wildman–Crippen LogP) is 2.69. The van der Waals surface area contributed by atoms with Gasteiger partial charge in [-0.15, -0.1) is 0 Å². The Balaban J connectivity index is 0.00000261. The van der Waals surface area contributed by atoms with Crippen molar-refractivity contribution >= 4 is 42.5 Å². The molecular weight excluding hydrogens is 513 g/mol. The van der Waals surface area contributed by atoms with Gasteiger partial charge >= 0.3 is 0 Å². The minimum absolute atomic E-state index is 0. The lowest BCUT2D eigenvalue weighted by Crippen LogP contribution is -3.00. The molecule has 3 heterocycles. The zero-order chi connectivity index (χ0) is 18.9. The minimum atomic E-state index is -1.08. The van der Waals surface area contributed by atoms with Crippen LogP contribution in [-0.2, 0) is 11.5 Å². The number of fused-ring (bicyclic) bond motifs is 1. The summed E-state index contributed by atoms with van der Waals surface area (Å²) < 4.78 is 13.6. The van der Waals surface area contributed by atoms with E-state index in [1.165, 1.54) is 11.8 Å². The van der Waals surface area contributed by atoms with E-state index in [1.54, 1.807) is 6.20 Å². The summed E-state index contributed by atoms with van der Waals surface area (Å²) in [7, 11) is -1.08. The molecule has 0 unspecified atom stereocenters. The largest absolute Gasteiger partial charge is 1.00 e. The van der Waals surface area contributed by atoms with Crippen LogP contribution in [0.1, 0.15) is 5.69 Å². The first kappa shape index (κ1) is 22.7. The third kappa shape index (κ3) is 5.29. The van der Waals surface area contributed by atoms with Crippen LogP contribution in [0.3, 0.4) is 0 Å². The number of nitrogens with zero attached hydrogens (tertiary/aromatic N) is 3. The van der Waals surface area contributed by atoms with Crippen molar-refractivity contribution in [3.05, 3.63) is 29.2 Å². The van der Waals surface area contributed by atoms with Crippen molar-refractivity contribution in [2.45, 2.75) is 44.4 Å². The molecule has 3 rings (SSSR count). The van der Waals surface area contributed by atoms with E-state index in [9.17, 15) is 0 Å². The average Bonchev–Trinajstić information content (AvgIpc) is 3.15. The molecule has 0 aliphatic carbocycles. The van der Waals surface area contributed by atoms with Crippen molar-refractivity contribution in [2.75, 3.05) is 12.9 Å². The molecule has 0 amide bonds. The lowest BCUT2D eigenvalue weighted by Gasteiger charge is -2.15. The summed E-state index contributed by atoms with van der Waals surface area (Å²) in [6.07, 6.45) is 5.64. The monoisotopic (exact) mass is 536 g/mol. The second kappa shape index (κ2) is 9.30. The van der Waals surface area contributed by atoms with Crippen LogP contribution in [0.5, 0.6) is 0 Å². The maximum Gasteiger partial charge on any atom is 0.230 e. The van der Waals surface area contributed by atoms with Crippen LogP contribution in [0.2, 0.25) is 30.7 Å². The third-order valence-corrected chi connectivity index (χ3v) is 6.98. The van der Waals surface area contributed by atoms with E-state index in [1.807, 2.05) is 30.0 Å². The standard InChI is InChI=1S/C18H24ClN3O2SSi.HI/c1-12-18(25-2)24-17(21-12)14-10-20-16-13(15(14)19)6-7-22(16)11-23-8-9-26(3,4)5;/h6-7,10H,8-9,11H2,1-5H3;1H/p-1. The molecule has 0 fully saturated rings. The number of hydrogen-bond donors (Lipinski definition) is 0. The number of thioether (sulfide) groups is 1. The highest BCUT2D eigenvalue weighted by Gasteiger charge is 2.18. The summed E-state index contributed by atoms with van der Waals surface area (Å²) in [5, 5.41) is 2.27. The second-order valence-electron chi connectivity index (χ2n) is 7.45. The zero-order valence-corrected chi connectivity index (χ0v) is 20.9. The SMILES string of the molecule is CSc1oc(-c2cnc3c(ccn3COCC[Si](C)(C)C)c2Cl)nc1C.[I-]. The smallest absolute Gasteiger partial charge is 0.230 e. The van der Waals surface area contributed by atoms with E-state index in [0.717, 1.165) is 34.5 Å². The fourth-order valence-corrected chi connectivity index (χ4v) is 4.13. The fraction of sp³-hybridized carbons (Fsp3) is 0.444. The van der Waals surface area contributed by atoms with Crippen LogP contribution in [0.4, 0.5) is 0 Å². The van der Waals surface area contributed by atoms with Crippen LogP contribution in [0.25, 0.3) is 22.5 Å². The fourth-order valence-electron chi connectivity index (χ4n) is 2.59. The molecule has 0 saturated heterocycles. The van der Waals surface area contributed by atoms with Gasteiger partial charge in [0.05, 0.1) is 16.3 Å². The topological polar surface area (TPSA) is 53.1 Å². The summed E-state index contributed by atoms with van der Waals surface area (Å²) in [6.45, 7) is 10.2. The zero-order valence-electron chi connectivity index (χ0n) is 16.2. The Labute approximate surface area is 187 Å². The van der Waals surface area contributed by atoms with E-state index in [4.69, 9.17) is 20.8 Å². The molecule has 5 nitrogen and oxygen atoms in total. The molecule has 148 valence electrons. The van der Waals surface area contributed by atoms with Crippen molar-refractivity contribution in [1.29, 1.82) is 0 Å². The first-order valence-electron chi connectivity index (χ1n) is 8.53. The first-order chi connectivity index (χ1) is 12.3. The molecule has 0 bridgehead atoms. The molecule has 0 aromatic carbocycles. The van der Waals surface area contributed by atoms with E-state index < -0.39 is 8.07 Å². The lowest BCUT2D eigenvalue weighted by atomic mass is 10.2. The Morgan fingerprint density at radius 2 is 2.07 bits per heavy atom. The summed E-state index contributed by atoms with van der Waals surface area (Å²) in [5.41, 5.74) is 2.37. The Bertz CT molecular complexity index is 923. The van der Waals surface area contributed by atoms with E-state index in [-0.39, 0.29) is 24.0 Å². The summed E-state index contributed by atoms with van der Waals surface area (Å²) in [5.74, 6) is 0.505. The quantitative estimate of drug-likeness (QED) is 0.201. The molecule has 0 radical (unpaired) electrons. The number of halogens is 2. The molecule has 0 aliphatic heterocycles. The van der Waals surface area contributed by atoms with Crippen LogP contribution in [-0.4, -0.2) is 35.5 Å². The van der Waals surface area contributed by atoms with Gasteiger partial charge in [-0.3, -0.25) is 0 Å². The van der Waals surface area contributed by atoms with Gasteiger partial charge in [-0.2, -0.15) is 0 Å². The van der Waals surface area contributed by atoms with Gasteiger partial charge in [0.2, 0.25) is 5.89 Å². The van der Waals surface area contributed by atoms with Crippen LogP contribution in [0.15, 0.2) is 28.0 Å². The highest BCUT2D eigenvalue weighted by atomic mass is 127. The number of oxazole rings is 1. The number of aromatic nitrogens is 3. The van der Waals surface area contributed by atoms with Crippen LogP contribution in [0, 0.1) is 6.92 Å². The molecule has 0 atom stereocenters. The molecule has 27 heavy (non-hydrogen) atoms. The van der Waals surface area contributed by atoms with Crippen LogP contribution < -0.4 is 24.0 Å². The summed E-state index contributed by atoms with van der Waals surface area (Å²) in [6, 6.07) is 3.10. The van der Waals surface area contributed by atoms with Crippen molar-refractivity contribution < 1.29 is 33.1 Å². The van der Waals surface area contributed by atoms with Gasteiger partial charge in [-0.05, 0) is 25.3 Å². The molecular formula is C18H24ClIN3O2SSi-. The van der Waals surface area contributed by atoms with Gasteiger partial charge in [0.1, 0.15) is 12.4 Å². The number of pyridine rings is 1. The molecule has 0 aliphatic rings. The lowest BCUT2D eigenvalue weighted by molar-refractivity contribution is -0.00000735. The van der Waals surface area contributed by atoms with E-state index in [2.05, 4.69) is 29.6 Å². The molecule has 0 saturated carbocycles.